The van der Waals surface area contributed by atoms with Crippen molar-refractivity contribution in [2.75, 3.05) is 13.2 Å². The normalized spacial score (nSPS) is 20.2. The van der Waals surface area contributed by atoms with Gasteiger partial charge in [-0.25, -0.2) is 0 Å². The number of carbonyl (C=O) groups is 2. The lowest BCUT2D eigenvalue weighted by Gasteiger charge is -2.25. The van der Waals surface area contributed by atoms with E-state index in [-0.39, 0.29) is 23.1 Å². The maximum atomic E-state index is 12.8. The lowest BCUT2D eigenvalue weighted by atomic mass is 9.80. The Morgan fingerprint density at radius 2 is 1.63 bits per heavy atom. The highest BCUT2D eigenvalue weighted by Crippen LogP contribution is 2.35. The zero-order valence-corrected chi connectivity index (χ0v) is 15.6. The topological polar surface area (TPSA) is 46.6 Å². The fraction of sp³-hybridized carbons (Fsp3) is 0.273. The number of halogens is 1. The van der Waals surface area contributed by atoms with Crippen molar-refractivity contribution in [2.45, 2.75) is 25.3 Å². The molecule has 4 rings (SSSR count). The molecule has 2 aliphatic rings. The Hall–Kier alpha value is -2.59. The van der Waals surface area contributed by atoms with E-state index < -0.39 is 0 Å². The van der Waals surface area contributed by atoms with Crippen LogP contribution in [0.5, 0.6) is 0 Å². The number of rotatable bonds is 3. The largest absolute Gasteiger partial charge is 0.477 e. The van der Waals surface area contributed by atoms with Gasteiger partial charge in [-0.05, 0) is 29.2 Å². The number of allylic oxidation sites excluding steroid dienone is 1. The van der Waals surface area contributed by atoms with Crippen molar-refractivity contribution in [1.29, 1.82) is 0 Å². The van der Waals surface area contributed by atoms with Crippen LogP contribution in [-0.4, -0.2) is 29.6 Å². The highest BCUT2D eigenvalue weighted by molar-refractivity contribution is 6.30. The quantitative estimate of drug-likeness (QED) is 0.593. The molecule has 0 radical (unpaired) electrons. The number of benzene rings is 2. The van der Waals surface area contributed by atoms with E-state index in [9.17, 15) is 9.59 Å². The maximum Gasteiger partial charge on any atom is 0.204 e. The molecule has 1 aliphatic heterocycles. The summed E-state index contributed by atoms with van der Waals surface area (Å²) in [5.74, 6) is 0.0707. The molecule has 0 amide bonds. The molecule has 0 bridgehead atoms. The summed E-state index contributed by atoms with van der Waals surface area (Å²) < 4.78 is 5.72. The summed E-state index contributed by atoms with van der Waals surface area (Å²) in [6.45, 7) is 1.79. The Morgan fingerprint density at radius 3 is 2.30 bits per heavy atom. The molecule has 1 aliphatic carbocycles. The van der Waals surface area contributed by atoms with Crippen molar-refractivity contribution in [1.82, 2.24) is 4.90 Å². The van der Waals surface area contributed by atoms with Crippen LogP contribution in [0.15, 0.2) is 66.1 Å². The average molecular weight is 382 g/mol. The van der Waals surface area contributed by atoms with Gasteiger partial charge in [-0.3, -0.25) is 9.59 Å². The van der Waals surface area contributed by atoms with E-state index in [2.05, 4.69) is 0 Å². The molecule has 0 aromatic heterocycles. The molecule has 0 spiro atoms. The molecule has 2 aromatic carbocycles. The van der Waals surface area contributed by atoms with Gasteiger partial charge in [-0.1, -0.05) is 54.1 Å². The van der Waals surface area contributed by atoms with E-state index in [1.54, 1.807) is 12.1 Å². The van der Waals surface area contributed by atoms with Gasteiger partial charge in [0.15, 0.2) is 11.6 Å². The predicted octanol–water partition coefficient (Wildman–Crippen LogP) is 4.10. The number of nitrogens with zero attached hydrogens (tertiary/aromatic N) is 1. The standard InChI is InChI=1S/C22H20ClNO3/c23-18-8-6-16(7-9-18)17-12-19(25)21(20(26)13-17)22-24(10-11-27-22)14-15-4-2-1-3-5-15/h1-9,17H,10-14H2. The summed E-state index contributed by atoms with van der Waals surface area (Å²) >= 11 is 5.94. The van der Waals surface area contributed by atoms with Gasteiger partial charge in [0.2, 0.25) is 5.88 Å². The number of carbonyl (C=O) groups excluding carboxylic acids is 2. The van der Waals surface area contributed by atoms with Gasteiger partial charge >= 0.3 is 0 Å². The van der Waals surface area contributed by atoms with Crippen LogP contribution in [0.3, 0.4) is 0 Å². The highest BCUT2D eigenvalue weighted by atomic mass is 35.5. The van der Waals surface area contributed by atoms with Gasteiger partial charge in [-0.15, -0.1) is 0 Å². The number of hydrogen-bond acceptors (Lipinski definition) is 4. The molecule has 27 heavy (non-hydrogen) atoms. The van der Waals surface area contributed by atoms with Crippen molar-refractivity contribution in [3.8, 4) is 0 Å². The van der Waals surface area contributed by atoms with Crippen molar-refractivity contribution in [2.24, 2.45) is 0 Å². The summed E-state index contributed by atoms with van der Waals surface area (Å²) in [4.78, 5) is 27.6. The van der Waals surface area contributed by atoms with Gasteiger partial charge in [0.1, 0.15) is 12.2 Å². The number of hydrogen-bond donors (Lipinski definition) is 0. The molecular formula is C22H20ClNO3. The van der Waals surface area contributed by atoms with Crippen molar-refractivity contribution in [3.05, 3.63) is 82.2 Å². The van der Waals surface area contributed by atoms with Crippen LogP contribution in [-0.2, 0) is 20.9 Å². The number of ether oxygens (including phenoxy) is 1. The first-order chi connectivity index (χ1) is 13.1. The van der Waals surface area contributed by atoms with Crippen LogP contribution < -0.4 is 0 Å². The van der Waals surface area contributed by atoms with Crippen LogP contribution in [0.1, 0.15) is 29.9 Å². The SMILES string of the molecule is O=C1CC(c2ccc(Cl)cc2)CC(=O)C1=C1OCCN1Cc1ccccc1. The Labute approximate surface area is 163 Å². The van der Waals surface area contributed by atoms with E-state index in [4.69, 9.17) is 16.3 Å². The Kier molecular flexibility index (Phi) is 4.99. The van der Waals surface area contributed by atoms with E-state index in [1.165, 1.54) is 0 Å². The molecule has 0 atom stereocenters. The molecule has 1 heterocycles. The van der Waals surface area contributed by atoms with E-state index >= 15 is 0 Å². The van der Waals surface area contributed by atoms with Crippen LogP contribution in [0, 0.1) is 0 Å². The lowest BCUT2D eigenvalue weighted by Crippen LogP contribution is -2.30. The fourth-order valence-corrected chi connectivity index (χ4v) is 3.84. The van der Waals surface area contributed by atoms with Gasteiger partial charge in [0, 0.05) is 24.4 Å². The minimum absolute atomic E-state index is 0.101. The van der Waals surface area contributed by atoms with E-state index in [0.717, 1.165) is 11.1 Å². The zero-order valence-electron chi connectivity index (χ0n) is 14.9. The summed E-state index contributed by atoms with van der Waals surface area (Å²) in [5, 5.41) is 0.644. The average Bonchev–Trinajstić information content (AvgIpc) is 3.10. The Morgan fingerprint density at radius 1 is 0.963 bits per heavy atom. The Bertz CT molecular complexity index is 870. The summed E-state index contributed by atoms with van der Waals surface area (Å²) in [6, 6.07) is 17.3. The van der Waals surface area contributed by atoms with Crippen LogP contribution in [0.25, 0.3) is 0 Å². The monoisotopic (exact) mass is 381 g/mol. The summed E-state index contributed by atoms with van der Waals surface area (Å²) in [6.07, 6.45) is 0.628. The molecule has 138 valence electrons. The molecule has 1 saturated carbocycles. The van der Waals surface area contributed by atoms with Crippen molar-refractivity contribution in [3.63, 3.8) is 0 Å². The van der Waals surface area contributed by atoms with E-state index in [1.807, 2.05) is 47.4 Å². The van der Waals surface area contributed by atoms with Gasteiger partial charge < -0.3 is 9.64 Å². The van der Waals surface area contributed by atoms with Crippen LogP contribution in [0.2, 0.25) is 5.02 Å². The first-order valence-electron chi connectivity index (χ1n) is 9.09. The minimum atomic E-state index is -0.138. The molecule has 4 nitrogen and oxygen atoms in total. The van der Waals surface area contributed by atoms with Gasteiger partial charge in [0.25, 0.3) is 0 Å². The van der Waals surface area contributed by atoms with Gasteiger partial charge in [-0.2, -0.15) is 0 Å². The Balaban J connectivity index is 1.57. The smallest absolute Gasteiger partial charge is 0.204 e. The molecular weight excluding hydrogens is 362 g/mol. The van der Waals surface area contributed by atoms with E-state index in [0.29, 0.717) is 43.4 Å². The molecule has 5 heteroatoms. The second-order valence-electron chi connectivity index (χ2n) is 6.94. The molecule has 1 saturated heterocycles. The zero-order chi connectivity index (χ0) is 18.8. The maximum absolute atomic E-state index is 12.8. The van der Waals surface area contributed by atoms with Crippen LogP contribution >= 0.6 is 11.6 Å². The van der Waals surface area contributed by atoms with Crippen LogP contribution in [0.4, 0.5) is 0 Å². The number of Topliss-reactive ketones (excluding diaryl/α,β-unsaturated/α-hetero) is 2. The van der Waals surface area contributed by atoms with Crippen molar-refractivity contribution < 1.29 is 14.3 Å². The second-order valence-corrected chi connectivity index (χ2v) is 7.38. The lowest BCUT2D eigenvalue weighted by molar-refractivity contribution is -0.125. The third-order valence-electron chi connectivity index (χ3n) is 5.08. The molecule has 0 unspecified atom stereocenters. The number of ketones is 2. The summed E-state index contributed by atoms with van der Waals surface area (Å²) in [5.41, 5.74) is 2.32. The highest BCUT2D eigenvalue weighted by Gasteiger charge is 2.37. The van der Waals surface area contributed by atoms with Gasteiger partial charge in [0.05, 0.1) is 6.54 Å². The first-order valence-corrected chi connectivity index (χ1v) is 9.47. The molecule has 2 fully saturated rings. The molecule has 0 N–H and O–H groups in total. The third-order valence-corrected chi connectivity index (χ3v) is 5.33. The van der Waals surface area contributed by atoms with Crippen molar-refractivity contribution >= 4 is 23.2 Å². The minimum Gasteiger partial charge on any atom is -0.477 e. The first kappa shape index (κ1) is 17.8. The molecule has 2 aromatic rings. The second kappa shape index (κ2) is 7.57. The predicted molar refractivity (Wildman–Crippen MR) is 103 cm³/mol. The fourth-order valence-electron chi connectivity index (χ4n) is 3.72. The third kappa shape index (κ3) is 3.76. The summed E-state index contributed by atoms with van der Waals surface area (Å²) in [7, 11) is 0.